The Kier molecular flexibility index (Phi) is 4.24. The summed E-state index contributed by atoms with van der Waals surface area (Å²) < 4.78 is 0. The highest BCUT2D eigenvalue weighted by molar-refractivity contribution is 5.85. The number of amides is 1. The van der Waals surface area contributed by atoms with Crippen molar-refractivity contribution in [3.05, 3.63) is 46.5 Å². The number of fused-ring (bicyclic) bond motifs is 1. The molecule has 2 atom stereocenters. The Morgan fingerprint density at radius 3 is 2.30 bits per heavy atom. The van der Waals surface area contributed by atoms with Gasteiger partial charge in [0.1, 0.15) is 0 Å². The van der Waals surface area contributed by atoms with Gasteiger partial charge in [-0.2, -0.15) is 0 Å². The molecule has 3 rings (SSSR count). The topological polar surface area (TPSA) is 60.4 Å². The summed E-state index contributed by atoms with van der Waals surface area (Å²) >= 11 is 0. The quantitative estimate of drug-likeness (QED) is 0.781. The molecule has 1 amide bonds. The van der Waals surface area contributed by atoms with Gasteiger partial charge in [-0.05, 0) is 44.2 Å². The highest BCUT2D eigenvalue weighted by Crippen LogP contribution is 2.35. The lowest BCUT2D eigenvalue weighted by Gasteiger charge is -2.38. The number of nitrogens with zero attached hydrogens (tertiary/aromatic N) is 1. The molecule has 0 aromatic heterocycles. The van der Waals surface area contributed by atoms with Crippen LogP contribution in [-0.2, 0) is 22.6 Å². The number of rotatable bonds is 2. The van der Waals surface area contributed by atoms with Gasteiger partial charge in [0, 0.05) is 25.0 Å². The van der Waals surface area contributed by atoms with Crippen molar-refractivity contribution in [2.75, 3.05) is 6.54 Å². The fourth-order valence-corrected chi connectivity index (χ4v) is 3.72. The van der Waals surface area contributed by atoms with Gasteiger partial charge in [-0.15, -0.1) is 0 Å². The Hall–Kier alpha value is -2.10. The molecule has 2 aliphatic rings. The first-order valence-corrected chi connectivity index (χ1v) is 8.19. The van der Waals surface area contributed by atoms with Crippen molar-refractivity contribution in [2.45, 2.75) is 39.7 Å². The normalized spacial score (nSPS) is 24.3. The van der Waals surface area contributed by atoms with Gasteiger partial charge < -0.3 is 14.8 Å². The minimum Gasteiger partial charge on any atom is -0.550 e. The van der Waals surface area contributed by atoms with Gasteiger partial charge in [-0.25, -0.2) is 0 Å². The predicted molar refractivity (Wildman–Crippen MR) is 85.2 cm³/mol. The molecule has 1 aromatic carbocycles. The minimum absolute atomic E-state index is 0.0412. The first kappa shape index (κ1) is 15.8. The third-order valence-electron chi connectivity index (χ3n) is 5.33. The molecule has 0 saturated heterocycles. The van der Waals surface area contributed by atoms with Crippen LogP contribution in [0.2, 0.25) is 0 Å². The molecule has 1 aliphatic carbocycles. The Bertz CT molecular complexity index is 677. The zero-order valence-electron chi connectivity index (χ0n) is 13.7. The lowest BCUT2D eigenvalue weighted by Crippen LogP contribution is -2.47. The smallest absolute Gasteiger partial charge is 0.226 e. The van der Waals surface area contributed by atoms with Crippen molar-refractivity contribution in [3.8, 4) is 0 Å². The Balaban J connectivity index is 1.81. The van der Waals surface area contributed by atoms with E-state index in [2.05, 4.69) is 6.07 Å². The van der Waals surface area contributed by atoms with Gasteiger partial charge in [-0.3, -0.25) is 4.79 Å². The first-order valence-electron chi connectivity index (χ1n) is 8.19. The summed E-state index contributed by atoms with van der Waals surface area (Å²) in [7, 11) is 0. The number of allylic oxidation sites excluding steroid dienone is 2. The zero-order chi connectivity index (χ0) is 16.6. The highest BCUT2D eigenvalue weighted by atomic mass is 16.4. The lowest BCUT2D eigenvalue weighted by atomic mass is 9.75. The van der Waals surface area contributed by atoms with Crippen molar-refractivity contribution in [2.24, 2.45) is 11.8 Å². The molecular weight excluding hydrogens is 290 g/mol. The summed E-state index contributed by atoms with van der Waals surface area (Å²) in [5.41, 5.74) is 4.66. The Labute approximate surface area is 136 Å². The number of carbonyl (C=O) groups excluding carboxylic acids is 2. The van der Waals surface area contributed by atoms with Crippen LogP contribution in [0.3, 0.4) is 0 Å². The van der Waals surface area contributed by atoms with E-state index in [4.69, 9.17) is 0 Å². The van der Waals surface area contributed by atoms with E-state index in [0.717, 1.165) is 23.1 Å². The summed E-state index contributed by atoms with van der Waals surface area (Å²) in [4.78, 5) is 26.3. The van der Waals surface area contributed by atoms with Crippen molar-refractivity contribution in [1.29, 1.82) is 0 Å². The number of hydrogen-bond donors (Lipinski definition) is 0. The van der Waals surface area contributed by atoms with Gasteiger partial charge in [0.2, 0.25) is 5.91 Å². The van der Waals surface area contributed by atoms with Crippen LogP contribution >= 0.6 is 0 Å². The number of carboxylic acids is 1. The van der Waals surface area contributed by atoms with E-state index >= 15 is 0 Å². The second-order valence-electron chi connectivity index (χ2n) is 6.78. The fourth-order valence-electron chi connectivity index (χ4n) is 3.72. The minimum atomic E-state index is -1.10. The Morgan fingerprint density at radius 2 is 1.65 bits per heavy atom. The van der Waals surface area contributed by atoms with E-state index in [1.54, 1.807) is 0 Å². The summed E-state index contributed by atoms with van der Waals surface area (Å²) in [6, 6.07) is 8.13. The lowest BCUT2D eigenvalue weighted by molar-refractivity contribution is -0.313. The third-order valence-corrected chi connectivity index (χ3v) is 5.33. The molecule has 1 aromatic rings. The highest BCUT2D eigenvalue weighted by Gasteiger charge is 2.36. The van der Waals surface area contributed by atoms with Crippen LogP contribution in [0.4, 0.5) is 0 Å². The van der Waals surface area contributed by atoms with Crippen LogP contribution in [0.5, 0.6) is 0 Å². The maximum Gasteiger partial charge on any atom is 0.226 e. The van der Waals surface area contributed by atoms with E-state index in [1.807, 2.05) is 36.9 Å². The number of benzene rings is 1. The molecule has 0 N–H and O–H groups in total. The van der Waals surface area contributed by atoms with Crippen LogP contribution in [0.15, 0.2) is 35.4 Å². The summed E-state index contributed by atoms with van der Waals surface area (Å²) in [6.45, 7) is 5.18. The van der Waals surface area contributed by atoms with Crippen molar-refractivity contribution >= 4 is 11.9 Å². The maximum atomic E-state index is 12.9. The molecule has 4 nitrogen and oxygen atoms in total. The summed E-state index contributed by atoms with van der Waals surface area (Å²) in [5, 5.41) is 11.5. The average Bonchev–Trinajstić information content (AvgIpc) is 2.55. The van der Waals surface area contributed by atoms with Crippen LogP contribution in [0.25, 0.3) is 0 Å². The number of carboxylic acid groups (broad SMARTS) is 1. The van der Waals surface area contributed by atoms with Gasteiger partial charge in [0.15, 0.2) is 0 Å². The Morgan fingerprint density at radius 1 is 1.04 bits per heavy atom. The fraction of sp³-hybridized carbons (Fsp3) is 0.474. The van der Waals surface area contributed by atoms with Crippen molar-refractivity contribution < 1.29 is 14.7 Å². The van der Waals surface area contributed by atoms with E-state index in [0.29, 0.717) is 25.9 Å². The first-order chi connectivity index (χ1) is 11.0. The predicted octanol–water partition coefficient (Wildman–Crippen LogP) is 1.68. The van der Waals surface area contributed by atoms with Crippen LogP contribution in [0, 0.1) is 11.8 Å². The molecule has 1 heterocycles. The average molecular weight is 312 g/mol. The molecule has 0 unspecified atom stereocenters. The van der Waals surface area contributed by atoms with E-state index in [-0.39, 0.29) is 5.91 Å². The van der Waals surface area contributed by atoms with Crippen molar-refractivity contribution in [1.82, 2.24) is 4.90 Å². The summed E-state index contributed by atoms with van der Waals surface area (Å²) in [5.74, 6) is -2.34. The SMILES string of the molecule is CC1=C(C)C[C@@H](C(=O)N2CCc3ccccc3C2)[C@H](C(=O)[O-])C1. The van der Waals surface area contributed by atoms with E-state index < -0.39 is 17.8 Å². The van der Waals surface area contributed by atoms with Gasteiger partial charge >= 0.3 is 0 Å². The molecule has 0 radical (unpaired) electrons. The van der Waals surface area contributed by atoms with Gasteiger partial charge in [0.05, 0.1) is 5.92 Å². The molecule has 0 saturated carbocycles. The maximum absolute atomic E-state index is 12.9. The van der Waals surface area contributed by atoms with E-state index in [9.17, 15) is 14.7 Å². The number of carbonyl (C=O) groups is 2. The van der Waals surface area contributed by atoms with Gasteiger partial charge in [-0.1, -0.05) is 35.4 Å². The van der Waals surface area contributed by atoms with Crippen LogP contribution in [0.1, 0.15) is 37.8 Å². The zero-order valence-corrected chi connectivity index (χ0v) is 13.7. The second-order valence-corrected chi connectivity index (χ2v) is 6.78. The second kappa shape index (κ2) is 6.19. The van der Waals surface area contributed by atoms with Crippen LogP contribution in [-0.4, -0.2) is 23.3 Å². The third kappa shape index (κ3) is 3.03. The number of hydrogen-bond acceptors (Lipinski definition) is 3. The van der Waals surface area contributed by atoms with Crippen LogP contribution < -0.4 is 5.11 Å². The number of aliphatic carboxylic acids is 1. The molecule has 1 aliphatic heterocycles. The van der Waals surface area contributed by atoms with Gasteiger partial charge in [0.25, 0.3) is 0 Å². The molecular formula is C19H22NO3-. The largest absolute Gasteiger partial charge is 0.550 e. The molecule has 0 fully saturated rings. The summed E-state index contributed by atoms with van der Waals surface area (Å²) in [6.07, 6.45) is 1.79. The van der Waals surface area contributed by atoms with Crippen molar-refractivity contribution in [3.63, 3.8) is 0 Å². The van der Waals surface area contributed by atoms with E-state index in [1.165, 1.54) is 5.56 Å². The molecule has 122 valence electrons. The molecule has 0 bridgehead atoms. The molecule has 0 spiro atoms. The molecule has 23 heavy (non-hydrogen) atoms. The molecule has 4 heteroatoms. The standard InChI is InChI=1S/C19H23NO3/c1-12-9-16(17(19(22)23)10-13(12)2)18(21)20-8-7-14-5-3-4-6-15(14)11-20/h3-6,16-17H,7-11H2,1-2H3,(H,22,23)/p-1/t16-,17-/m1/s1. The monoisotopic (exact) mass is 312 g/mol.